The van der Waals surface area contributed by atoms with E-state index in [1.807, 2.05) is 17.7 Å². The van der Waals surface area contributed by atoms with Gasteiger partial charge in [-0.05, 0) is 44.0 Å². The van der Waals surface area contributed by atoms with Gasteiger partial charge in [-0.1, -0.05) is 26.0 Å². The molecule has 0 radical (unpaired) electrons. The van der Waals surface area contributed by atoms with Gasteiger partial charge in [0.2, 0.25) is 0 Å². The standard InChI is InChI=1S/C17H24FN3/c1-5-19-10-12(2)17-13(3)20-21(14(17)4)11-15-7-6-8-16(18)9-15/h6-9,12,19H,5,10-11H2,1-4H3. The number of nitrogens with one attached hydrogen (secondary N) is 1. The predicted molar refractivity (Wildman–Crippen MR) is 84.2 cm³/mol. The molecule has 1 aromatic heterocycles. The van der Waals surface area contributed by atoms with Crippen LogP contribution in [0.15, 0.2) is 24.3 Å². The van der Waals surface area contributed by atoms with Crippen molar-refractivity contribution in [1.82, 2.24) is 15.1 Å². The Morgan fingerprint density at radius 1 is 1.33 bits per heavy atom. The fourth-order valence-corrected chi connectivity index (χ4v) is 2.85. The molecule has 1 heterocycles. The Kier molecular flexibility index (Phi) is 5.12. The Balaban J connectivity index is 2.22. The molecule has 3 nitrogen and oxygen atoms in total. The second-order valence-electron chi connectivity index (χ2n) is 5.58. The molecule has 2 aromatic rings. The molecule has 0 bridgehead atoms. The average molecular weight is 289 g/mol. The van der Waals surface area contributed by atoms with Gasteiger partial charge in [0.05, 0.1) is 12.2 Å². The summed E-state index contributed by atoms with van der Waals surface area (Å²) in [7, 11) is 0. The number of hydrogen-bond donors (Lipinski definition) is 1. The van der Waals surface area contributed by atoms with E-state index in [2.05, 4.69) is 31.2 Å². The van der Waals surface area contributed by atoms with Gasteiger partial charge in [-0.2, -0.15) is 5.10 Å². The quantitative estimate of drug-likeness (QED) is 0.883. The molecule has 0 aliphatic heterocycles. The minimum absolute atomic E-state index is 0.199. The van der Waals surface area contributed by atoms with E-state index in [0.717, 1.165) is 24.3 Å². The third-order valence-corrected chi connectivity index (χ3v) is 3.85. The van der Waals surface area contributed by atoms with Gasteiger partial charge in [0.25, 0.3) is 0 Å². The van der Waals surface area contributed by atoms with Gasteiger partial charge in [0.1, 0.15) is 5.82 Å². The molecule has 114 valence electrons. The Hall–Kier alpha value is -1.68. The van der Waals surface area contributed by atoms with Crippen LogP contribution in [0.4, 0.5) is 4.39 Å². The van der Waals surface area contributed by atoms with Crippen LogP contribution in [-0.2, 0) is 6.54 Å². The van der Waals surface area contributed by atoms with Crippen molar-refractivity contribution in [3.63, 3.8) is 0 Å². The van der Waals surface area contributed by atoms with Crippen LogP contribution in [0, 0.1) is 19.7 Å². The van der Waals surface area contributed by atoms with Crippen LogP contribution >= 0.6 is 0 Å². The molecule has 0 saturated carbocycles. The van der Waals surface area contributed by atoms with E-state index in [1.165, 1.54) is 17.3 Å². The van der Waals surface area contributed by atoms with Gasteiger partial charge in [-0.15, -0.1) is 0 Å². The zero-order chi connectivity index (χ0) is 15.4. The lowest BCUT2D eigenvalue weighted by Crippen LogP contribution is -2.20. The Morgan fingerprint density at radius 2 is 2.10 bits per heavy atom. The molecule has 0 spiro atoms. The van der Waals surface area contributed by atoms with Crippen LogP contribution in [-0.4, -0.2) is 22.9 Å². The summed E-state index contributed by atoms with van der Waals surface area (Å²) in [6.45, 7) is 11.0. The highest BCUT2D eigenvalue weighted by Crippen LogP contribution is 2.23. The zero-order valence-electron chi connectivity index (χ0n) is 13.3. The highest BCUT2D eigenvalue weighted by Gasteiger charge is 2.17. The molecule has 0 aliphatic carbocycles. The van der Waals surface area contributed by atoms with Crippen LogP contribution in [0.5, 0.6) is 0 Å². The molecule has 0 saturated heterocycles. The smallest absolute Gasteiger partial charge is 0.123 e. The van der Waals surface area contributed by atoms with E-state index in [4.69, 9.17) is 0 Å². The maximum absolute atomic E-state index is 13.3. The van der Waals surface area contributed by atoms with E-state index < -0.39 is 0 Å². The van der Waals surface area contributed by atoms with E-state index in [-0.39, 0.29) is 5.82 Å². The fraction of sp³-hybridized carbons (Fsp3) is 0.471. The second kappa shape index (κ2) is 6.85. The van der Waals surface area contributed by atoms with Gasteiger partial charge in [-0.25, -0.2) is 4.39 Å². The fourth-order valence-electron chi connectivity index (χ4n) is 2.85. The van der Waals surface area contributed by atoms with Crippen molar-refractivity contribution in [2.24, 2.45) is 0 Å². The van der Waals surface area contributed by atoms with E-state index in [0.29, 0.717) is 12.5 Å². The van der Waals surface area contributed by atoms with Crippen molar-refractivity contribution in [2.75, 3.05) is 13.1 Å². The Bertz CT molecular complexity index is 604. The highest BCUT2D eigenvalue weighted by molar-refractivity contribution is 5.29. The lowest BCUT2D eigenvalue weighted by Gasteiger charge is -2.13. The lowest BCUT2D eigenvalue weighted by atomic mass is 9.99. The van der Waals surface area contributed by atoms with Crippen LogP contribution in [0.3, 0.4) is 0 Å². The van der Waals surface area contributed by atoms with Crippen molar-refractivity contribution < 1.29 is 4.39 Å². The van der Waals surface area contributed by atoms with Crippen molar-refractivity contribution in [3.05, 3.63) is 52.6 Å². The third kappa shape index (κ3) is 3.70. The van der Waals surface area contributed by atoms with Gasteiger partial charge in [0, 0.05) is 17.8 Å². The zero-order valence-corrected chi connectivity index (χ0v) is 13.3. The first-order valence-electron chi connectivity index (χ1n) is 7.52. The Morgan fingerprint density at radius 3 is 2.76 bits per heavy atom. The molecule has 0 amide bonds. The van der Waals surface area contributed by atoms with Crippen molar-refractivity contribution in [1.29, 1.82) is 0 Å². The number of benzene rings is 1. The summed E-state index contributed by atoms with van der Waals surface area (Å²) in [5.41, 5.74) is 4.47. The van der Waals surface area contributed by atoms with Crippen LogP contribution < -0.4 is 5.32 Å². The SMILES string of the molecule is CCNCC(C)c1c(C)nn(Cc2cccc(F)c2)c1C. The second-order valence-corrected chi connectivity index (χ2v) is 5.58. The van der Waals surface area contributed by atoms with E-state index in [9.17, 15) is 4.39 Å². The molecule has 0 fully saturated rings. The first-order valence-corrected chi connectivity index (χ1v) is 7.52. The summed E-state index contributed by atoms with van der Waals surface area (Å²) < 4.78 is 15.3. The molecule has 21 heavy (non-hydrogen) atoms. The minimum atomic E-state index is -0.199. The van der Waals surface area contributed by atoms with Gasteiger partial charge in [0.15, 0.2) is 0 Å². The molecular formula is C17H24FN3. The number of likely N-dealkylation sites (N-methyl/N-ethyl adjacent to an activating group) is 1. The lowest BCUT2D eigenvalue weighted by molar-refractivity contribution is 0.612. The third-order valence-electron chi connectivity index (χ3n) is 3.85. The highest BCUT2D eigenvalue weighted by atomic mass is 19.1. The van der Waals surface area contributed by atoms with E-state index in [1.54, 1.807) is 12.1 Å². The summed E-state index contributed by atoms with van der Waals surface area (Å²) in [6.07, 6.45) is 0. The van der Waals surface area contributed by atoms with Crippen molar-refractivity contribution in [2.45, 2.75) is 40.2 Å². The number of aryl methyl sites for hydroxylation is 1. The van der Waals surface area contributed by atoms with Crippen LogP contribution in [0.25, 0.3) is 0 Å². The molecule has 1 N–H and O–H groups in total. The maximum atomic E-state index is 13.3. The summed E-state index contributed by atoms with van der Waals surface area (Å²) in [6, 6.07) is 6.71. The van der Waals surface area contributed by atoms with Gasteiger partial charge >= 0.3 is 0 Å². The van der Waals surface area contributed by atoms with Gasteiger partial charge in [-0.3, -0.25) is 4.68 Å². The van der Waals surface area contributed by atoms with Gasteiger partial charge < -0.3 is 5.32 Å². The minimum Gasteiger partial charge on any atom is -0.316 e. The number of rotatable bonds is 6. The topological polar surface area (TPSA) is 29.9 Å². The predicted octanol–water partition coefficient (Wildman–Crippen LogP) is 3.40. The molecular weight excluding hydrogens is 265 g/mol. The summed E-state index contributed by atoms with van der Waals surface area (Å²) in [5.74, 6) is 0.223. The van der Waals surface area contributed by atoms with Crippen LogP contribution in [0.1, 0.15) is 42.3 Å². The van der Waals surface area contributed by atoms with Crippen molar-refractivity contribution >= 4 is 0 Å². The van der Waals surface area contributed by atoms with Crippen molar-refractivity contribution in [3.8, 4) is 0 Å². The maximum Gasteiger partial charge on any atom is 0.123 e. The first kappa shape index (κ1) is 15.7. The molecule has 1 atom stereocenters. The van der Waals surface area contributed by atoms with E-state index >= 15 is 0 Å². The van der Waals surface area contributed by atoms with Crippen LogP contribution in [0.2, 0.25) is 0 Å². The largest absolute Gasteiger partial charge is 0.316 e. The summed E-state index contributed by atoms with van der Waals surface area (Å²) in [5, 5.41) is 8.01. The molecule has 4 heteroatoms. The summed E-state index contributed by atoms with van der Waals surface area (Å²) >= 11 is 0. The molecule has 1 unspecified atom stereocenters. The number of nitrogens with zero attached hydrogens (tertiary/aromatic N) is 2. The number of aromatic nitrogens is 2. The monoisotopic (exact) mass is 289 g/mol. The number of hydrogen-bond acceptors (Lipinski definition) is 2. The molecule has 0 aliphatic rings. The normalized spacial score (nSPS) is 12.6. The Labute approximate surface area is 126 Å². The average Bonchev–Trinajstić information content (AvgIpc) is 2.71. The molecule has 2 rings (SSSR count). The summed E-state index contributed by atoms with van der Waals surface area (Å²) in [4.78, 5) is 0. The molecule has 1 aromatic carbocycles. The first-order chi connectivity index (χ1) is 10.0. The number of halogens is 1.